The largest absolute Gasteiger partial charge is 0.461 e. The maximum absolute atomic E-state index is 12.3. The number of ether oxygens (including phenoxy) is 1. The fraction of sp³-hybridized carbons (Fsp3) is 0.538. The highest BCUT2D eigenvalue weighted by Gasteiger charge is 2.26. The molecule has 0 N–H and O–H groups in total. The zero-order valence-electron chi connectivity index (χ0n) is 12.0. The zero-order chi connectivity index (χ0) is 15.4. The van der Waals surface area contributed by atoms with Gasteiger partial charge in [0.05, 0.1) is 6.61 Å². The molecule has 0 aliphatic carbocycles. The van der Waals surface area contributed by atoms with Crippen molar-refractivity contribution in [3.05, 3.63) is 16.1 Å². The molecule has 1 aliphatic rings. The summed E-state index contributed by atoms with van der Waals surface area (Å²) < 4.78 is 4.84. The Kier molecular flexibility index (Phi) is 4.89. The summed E-state index contributed by atoms with van der Waals surface area (Å²) in [4.78, 5) is 42.8. The lowest BCUT2D eigenvalue weighted by molar-refractivity contribution is -0.129. The first-order valence-corrected chi connectivity index (χ1v) is 7.56. The van der Waals surface area contributed by atoms with Gasteiger partial charge in [-0.3, -0.25) is 9.59 Å². The predicted octanol–water partition coefficient (Wildman–Crippen LogP) is 0.624. The molecular weight excluding hydrogens is 294 g/mol. The molecule has 1 saturated heterocycles. The topological polar surface area (TPSA) is 79.8 Å². The van der Waals surface area contributed by atoms with Crippen molar-refractivity contribution in [2.75, 3.05) is 33.3 Å². The van der Waals surface area contributed by atoms with Crippen LogP contribution in [0.1, 0.15) is 33.6 Å². The van der Waals surface area contributed by atoms with Gasteiger partial charge >= 0.3 is 5.97 Å². The quantitative estimate of drug-likeness (QED) is 0.765. The number of nitrogens with zero attached hydrogens (tertiary/aromatic N) is 3. The Bertz CT molecular complexity index is 557. The molecule has 2 heterocycles. The maximum atomic E-state index is 12.3. The monoisotopic (exact) mass is 311 g/mol. The Labute approximate surface area is 126 Å². The van der Waals surface area contributed by atoms with Gasteiger partial charge in [-0.25, -0.2) is 9.78 Å². The molecule has 1 aliphatic heterocycles. The SMILES string of the molecule is CCOC(=O)c1nc(C(=O)N2CCCN(C)C(=O)C2)cs1. The van der Waals surface area contributed by atoms with E-state index in [0.717, 1.165) is 17.8 Å². The van der Waals surface area contributed by atoms with Crippen LogP contribution in [-0.4, -0.2) is 65.9 Å². The summed E-state index contributed by atoms with van der Waals surface area (Å²) in [6.07, 6.45) is 0.725. The fourth-order valence-corrected chi connectivity index (χ4v) is 2.66. The summed E-state index contributed by atoms with van der Waals surface area (Å²) in [6.45, 7) is 3.14. The van der Waals surface area contributed by atoms with Crippen molar-refractivity contribution in [2.45, 2.75) is 13.3 Å². The molecule has 8 heteroatoms. The molecule has 1 aromatic rings. The fourth-order valence-electron chi connectivity index (χ4n) is 1.98. The Morgan fingerprint density at radius 1 is 1.43 bits per heavy atom. The van der Waals surface area contributed by atoms with Crippen LogP contribution in [0.15, 0.2) is 5.38 Å². The number of rotatable bonds is 3. The first kappa shape index (κ1) is 15.4. The van der Waals surface area contributed by atoms with E-state index >= 15 is 0 Å². The summed E-state index contributed by atoms with van der Waals surface area (Å²) in [5.74, 6) is -0.958. The third-order valence-electron chi connectivity index (χ3n) is 3.13. The van der Waals surface area contributed by atoms with Crippen molar-refractivity contribution in [3.63, 3.8) is 0 Å². The molecule has 0 bridgehead atoms. The molecule has 1 aromatic heterocycles. The van der Waals surface area contributed by atoms with Gasteiger partial charge < -0.3 is 14.5 Å². The van der Waals surface area contributed by atoms with E-state index in [0.29, 0.717) is 13.1 Å². The molecule has 1 fully saturated rings. The van der Waals surface area contributed by atoms with Gasteiger partial charge in [0.2, 0.25) is 10.9 Å². The van der Waals surface area contributed by atoms with Crippen LogP contribution in [0.5, 0.6) is 0 Å². The van der Waals surface area contributed by atoms with E-state index in [9.17, 15) is 14.4 Å². The van der Waals surface area contributed by atoms with Crippen LogP contribution in [0, 0.1) is 0 Å². The number of likely N-dealkylation sites (N-methyl/N-ethyl adjacent to an activating group) is 1. The summed E-state index contributed by atoms with van der Waals surface area (Å²) in [6, 6.07) is 0. The van der Waals surface area contributed by atoms with Gasteiger partial charge in [-0.15, -0.1) is 11.3 Å². The Hall–Kier alpha value is -1.96. The molecule has 0 radical (unpaired) electrons. The predicted molar refractivity (Wildman–Crippen MR) is 76.2 cm³/mol. The van der Waals surface area contributed by atoms with Gasteiger partial charge in [0, 0.05) is 25.5 Å². The van der Waals surface area contributed by atoms with E-state index in [1.807, 2.05) is 0 Å². The van der Waals surface area contributed by atoms with E-state index in [1.54, 1.807) is 18.9 Å². The van der Waals surface area contributed by atoms with Crippen molar-refractivity contribution >= 4 is 29.1 Å². The maximum Gasteiger partial charge on any atom is 0.367 e. The first-order chi connectivity index (χ1) is 10.0. The molecular formula is C13H17N3O4S. The number of carbonyl (C=O) groups excluding carboxylic acids is 3. The van der Waals surface area contributed by atoms with E-state index < -0.39 is 5.97 Å². The molecule has 0 spiro atoms. The standard InChI is InChI=1S/C13H17N3O4S/c1-3-20-13(19)11-14-9(8-21-11)12(18)16-6-4-5-15(2)10(17)7-16/h8H,3-7H2,1-2H3. The highest BCUT2D eigenvalue weighted by Crippen LogP contribution is 2.14. The summed E-state index contributed by atoms with van der Waals surface area (Å²) in [5, 5.41) is 1.67. The minimum absolute atomic E-state index is 0.0433. The number of aromatic nitrogens is 1. The summed E-state index contributed by atoms with van der Waals surface area (Å²) in [7, 11) is 1.72. The van der Waals surface area contributed by atoms with Crippen LogP contribution in [0.25, 0.3) is 0 Å². The van der Waals surface area contributed by atoms with Gasteiger partial charge in [-0.1, -0.05) is 0 Å². The molecule has 0 unspecified atom stereocenters. The lowest BCUT2D eigenvalue weighted by atomic mass is 10.3. The molecule has 2 rings (SSSR count). The highest BCUT2D eigenvalue weighted by molar-refractivity contribution is 7.11. The lowest BCUT2D eigenvalue weighted by Gasteiger charge is -2.18. The average Bonchev–Trinajstić information content (AvgIpc) is 2.88. The third-order valence-corrected chi connectivity index (χ3v) is 3.96. The third kappa shape index (κ3) is 3.57. The Morgan fingerprint density at radius 3 is 2.90 bits per heavy atom. The van der Waals surface area contributed by atoms with E-state index in [-0.39, 0.29) is 35.7 Å². The second-order valence-corrected chi connectivity index (χ2v) is 5.51. The van der Waals surface area contributed by atoms with Crippen LogP contribution in [0.3, 0.4) is 0 Å². The molecule has 21 heavy (non-hydrogen) atoms. The van der Waals surface area contributed by atoms with E-state index in [1.165, 1.54) is 10.3 Å². The number of amides is 2. The molecule has 0 aromatic carbocycles. The number of esters is 1. The van der Waals surface area contributed by atoms with Crippen molar-refractivity contribution < 1.29 is 19.1 Å². The molecule has 0 atom stereocenters. The average molecular weight is 311 g/mol. The van der Waals surface area contributed by atoms with Crippen LogP contribution >= 0.6 is 11.3 Å². The zero-order valence-corrected chi connectivity index (χ0v) is 12.8. The lowest BCUT2D eigenvalue weighted by Crippen LogP contribution is -2.38. The van der Waals surface area contributed by atoms with Crippen LogP contribution in [-0.2, 0) is 9.53 Å². The molecule has 2 amide bonds. The van der Waals surface area contributed by atoms with Crippen LogP contribution < -0.4 is 0 Å². The van der Waals surface area contributed by atoms with E-state index in [2.05, 4.69) is 4.98 Å². The summed E-state index contributed by atoms with van der Waals surface area (Å²) >= 11 is 1.07. The highest BCUT2D eigenvalue weighted by atomic mass is 32.1. The van der Waals surface area contributed by atoms with Gasteiger partial charge in [-0.2, -0.15) is 0 Å². The van der Waals surface area contributed by atoms with Crippen molar-refractivity contribution in [1.82, 2.24) is 14.8 Å². The van der Waals surface area contributed by atoms with Crippen molar-refractivity contribution in [2.24, 2.45) is 0 Å². The van der Waals surface area contributed by atoms with Crippen molar-refractivity contribution in [1.29, 1.82) is 0 Å². The second-order valence-electron chi connectivity index (χ2n) is 4.65. The second kappa shape index (κ2) is 6.66. The van der Waals surface area contributed by atoms with Crippen molar-refractivity contribution in [3.8, 4) is 0 Å². The van der Waals surface area contributed by atoms with Gasteiger partial charge in [-0.05, 0) is 13.3 Å². The van der Waals surface area contributed by atoms with Crippen LogP contribution in [0.4, 0.5) is 0 Å². The van der Waals surface area contributed by atoms with Gasteiger partial charge in [0.25, 0.3) is 5.91 Å². The normalized spacial score (nSPS) is 15.8. The number of carbonyl (C=O) groups is 3. The van der Waals surface area contributed by atoms with Gasteiger partial charge in [0.15, 0.2) is 0 Å². The van der Waals surface area contributed by atoms with E-state index in [4.69, 9.17) is 4.74 Å². The van der Waals surface area contributed by atoms with Gasteiger partial charge in [0.1, 0.15) is 12.2 Å². The molecule has 0 saturated carbocycles. The number of thiazole rings is 1. The number of hydrogen-bond donors (Lipinski definition) is 0. The summed E-state index contributed by atoms with van der Waals surface area (Å²) in [5.41, 5.74) is 0.181. The minimum Gasteiger partial charge on any atom is -0.461 e. The Morgan fingerprint density at radius 2 is 2.19 bits per heavy atom. The molecule has 114 valence electrons. The van der Waals surface area contributed by atoms with Crippen LogP contribution in [0.2, 0.25) is 0 Å². The minimum atomic E-state index is -0.534. The number of hydrogen-bond acceptors (Lipinski definition) is 6. The first-order valence-electron chi connectivity index (χ1n) is 6.68. The molecule has 7 nitrogen and oxygen atoms in total. The Balaban J connectivity index is 2.09. The smallest absolute Gasteiger partial charge is 0.367 e.